The first-order valence-corrected chi connectivity index (χ1v) is 7.18. The summed E-state index contributed by atoms with van der Waals surface area (Å²) in [6, 6.07) is 0. The standard InChI is InChI=1S/C12H26N2S/c1-5-14(8-10(2)3)12(9-13)6-7-15-11(12)4/h10-11H,5-9,13H2,1-4H3. The van der Waals surface area contributed by atoms with E-state index in [0.29, 0.717) is 5.25 Å². The van der Waals surface area contributed by atoms with Crippen molar-refractivity contribution in [3.63, 3.8) is 0 Å². The van der Waals surface area contributed by atoms with E-state index < -0.39 is 0 Å². The Morgan fingerprint density at radius 2 is 2.20 bits per heavy atom. The summed E-state index contributed by atoms with van der Waals surface area (Å²) < 4.78 is 0. The SMILES string of the molecule is CCN(CC(C)C)C1(CN)CCSC1C. The second-order valence-electron chi connectivity index (χ2n) is 5.00. The molecule has 0 spiro atoms. The van der Waals surface area contributed by atoms with Gasteiger partial charge in [-0.3, -0.25) is 4.90 Å². The lowest BCUT2D eigenvalue weighted by Gasteiger charge is -2.43. The molecule has 0 aromatic rings. The van der Waals surface area contributed by atoms with Gasteiger partial charge in [-0.25, -0.2) is 0 Å². The normalized spacial score (nSPS) is 31.8. The van der Waals surface area contributed by atoms with Gasteiger partial charge >= 0.3 is 0 Å². The second kappa shape index (κ2) is 5.55. The van der Waals surface area contributed by atoms with Crippen molar-refractivity contribution in [2.75, 3.05) is 25.4 Å². The molecule has 2 N–H and O–H groups in total. The fraction of sp³-hybridized carbons (Fsp3) is 1.00. The fourth-order valence-electron chi connectivity index (χ4n) is 2.65. The number of rotatable bonds is 5. The van der Waals surface area contributed by atoms with Crippen LogP contribution in [0.3, 0.4) is 0 Å². The van der Waals surface area contributed by atoms with E-state index >= 15 is 0 Å². The van der Waals surface area contributed by atoms with Crippen molar-refractivity contribution in [3.8, 4) is 0 Å². The van der Waals surface area contributed by atoms with Crippen LogP contribution in [-0.4, -0.2) is 41.1 Å². The van der Waals surface area contributed by atoms with E-state index in [9.17, 15) is 0 Å². The summed E-state index contributed by atoms with van der Waals surface area (Å²) in [5.74, 6) is 2.00. The minimum Gasteiger partial charge on any atom is -0.329 e. The van der Waals surface area contributed by atoms with E-state index in [-0.39, 0.29) is 5.54 Å². The molecule has 3 heteroatoms. The third kappa shape index (κ3) is 2.69. The lowest BCUT2D eigenvalue weighted by atomic mass is 9.89. The Bertz CT molecular complexity index is 196. The van der Waals surface area contributed by atoms with Crippen LogP contribution in [0.2, 0.25) is 0 Å². The van der Waals surface area contributed by atoms with Gasteiger partial charge in [-0.2, -0.15) is 11.8 Å². The predicted molar refractivity (Wildman–Crippen MR) is 70.4 cm³/mol. The Morgan fingerprint density at radius 1 is 1.53 bits per heavy atom. The first kappa shape index (κ1) is 13.3. The van der Waals surface area contributed by atoms with Crippen LogP contribution in [0.25, 0.3) is 0 Å². The van der Waals surface area contributed by atoms with Gasteiger partial charge in [0, 0.05) is 23.9 Å². The second-order valence-corrected chi connectivity index (χ2v) is 6.45. The van der Waals surface area contributed by atoms with E-state index in [2.05, 4.69) is 44.4 Å². The lowest BCUT2D eigenvalue weighted by molar-refractivity contribution is 0.0899. The Kier molecular flexibility index (Phi) is 4.94. The summed E-state index contributed by atoms with van der Waals surface area (Å²) in [6.07, 6.45) is 1.26. The van der Waals surface area contributed by atoms with Crippen LogP contribution in [0.15, 0.2) is 0 Å². The minimum atomic E-state index is 0.268. The first-order chi connectivity index (χ1) is 7.06. The molecule has 1 aliphatic heterocycles. The zero-order valence-electron chi connectivity index (χ0n) is 10.6. The van der Waals surface area contributed by atoms with Gasteiger partial charge < -0.3 is 5.73 Å². The molecule has 1 aliphatic rings. The third-order valence-corrected chi connectivity index (χ3v) is 4.99. The molecule has 1 rings (SSSR count). The average molecular weight is 230 g/mol. The largest absolute Gasteiger partial charge is 0.329 e. The van der Waals surface area contributed by atoms with Gasteiger partial charge in [0.25, 0.3) is 0 Å². The Balaban J connectivity index is 2.77. The summed E-state index contributed by atoms with van der Waals surface area (Å²) in [6.45, 7) is 12.3. The monoisotopic (exact) mass is 230 g/mol. The number of thioether (sulfide) groups is 1. The molecular formula is C12H26N2S. The van der Waals surface area contributed by atoms with E-state index in [0.717, 1.165) is 19.0 Å². The molecule has 0 bridgehead atoms. The molecule has 0 aromatic heterocycles. The molecule has 2 unspecified atom stereocenters. The third-order valence-electron chi connectivity index (χ3n) is 3.61. The van der Waals surface area contributed by atoms with Crippen molar-refractivity contribution >= 4 is 11.8 Å². The van der Waals surface area contributed by atoms with Gasteiger partial charge in [0.15, 0.2) is 0 Å². The fourth-order valence-corrected chi connectivity index (χ4v) is 4.15. The molecule has 0 aromatic carbocycles. The molecule has 15 heavy (non-hydrogen) atoms. The maximum atomic E-state index is 6.06. The smallest absolute Gasteiger partial charge is 0.0455 e. The van der Waals surface area contributed by atoms with Crippen LogP contribution in [0.5, 0.6) is 0 Å². The van der Waals surface area contributed by atoms with Crippen LogP contribution in [-0.2, 0) is 0 Å². The maximum Gasteiger partial charge on any atom is 0.0455 e. The summed E-state index contributed by atoms with van der Waals surface area (Å²) in [5.41, 5.74) is 6.32. The molecule has 0 radical (unpaired) electrons. The minimum absolute atomic E-state index is 0.268. The van der Waals surface area contributed by atoms with E-state index in [4.69, 9.17) is 5.73 Å². The Hall–Kier alpha value is 0.270. The molecule has 0 aliphatic carbocycles. The molecule has 90 valence electrons. The number of hydrogen-bond donors (Lipinski definition) is 1. The number of hydrogen-bond acceptors (Lipinski definition) is 3. The van der Waals surface area contributed by atoms with Crippen molar-refractivity contribution in [2.45, 2.75) is 44.9 Å². The molecule has 0 saturated carbocycles. The summed E-state index contributed by atoms with van der Waals surface area (Å²) in [5, 5.41) is 0.682. The first-order valence-electron chi connectivity index (χ1n) is 6.13. The van der Waals surface area contributed by atoms with Crippen molar-refractivity contribution in [2.24, 2.45) is 11.7 Å². The molecule has 1 heterocycles. The summed E-state index contributed by atoms with van der Waals surface area (Å²) >= 11 is 2.08. The molecule has 1 saturated heterocycles. The molecule has 1 fully saturated rings. The van der Waals surface area contributed by atoms with Gasteiger partial charge in [-0.1, -0.05) is 27.7 Å². The van der Waals surface area contributed by atoms with Crippen LogP contribution >= 0.6 is 11.8 Å². The van der Waals surface area contributed by atoms with E-state index in [1.807, 2.05) is 0 Å². The van der Waals surface area contributed by atoms with Crippen molar-refractivity contribution in [1.82, 2.24) is 4.90 Å². The van der Waals surface area contributed by atoms with Crippen LogP contribution in [0, 0.1) is 5.92 Å². The van der Waals surface area contributed by atoms with Gasteiger partial charge in [0.05, 0.1) is 0 Å². The van der Waals surface area contributed by atoms with E-state index in [1.54, 1.807) is 0 Å². The van der Waals surface area contributed by atoms with Crippen LogP contribution in [0.1, 0.15) is 34.1 Å². The Labute approximate surface area is 99.0 Å². The zero-order chi connectivity index (χ0) is 11.5. The molecule has 2 atom stereocenters. The highest BCUT2D eigenvalue weighted by atomic mass is 32.2. The van der Waals surface area contributed by atoms with Gasteiger partial charge in [0.1, 0.15) is 0 Å². The van der Waals surface area contributed by atoms with Gasteiger partial charge in [0.2, 0.25) is 0 Å². The van der Waals surface area contributed by atoms with Crippen molar-refractivity contribution in [3.05, 3.63) is 0 Å². The highest BCUT2D eigenvalue weighted by Gasteiger charge is 2.43. The van der Waals surface area contributed by atoms with E-state index in [1.165, 1.54) is 18.7 Å². The summed E-state index contributed by atoms with van der Waals surface area (Å²) in [7, 11) is 0. The van der Waals surface area contributed by atoms with Crippen molar-refractivity contribution < 1.29 is 0 Å². The highest BCUT2D eigenvalue weighted by Crippen LogP contribution is 2.39. The predicted octanol–water partition coefficient (Wildman–Crippen LogP) is 2.19. The van der Waals surface area contributed by atoms with Gasteiger partial charge in [-0.05, 0) is 24.6 Å². The number of nitrogens with two attached hydrogens (primary N) is 1. The molecular weight excluding hydrogens is 204 g/mol. The Morgan fingerprint density at radius 3 is 2.53 bits per heavy atom. The van der Waals surface area contributed by atoms with Crippen LogP contribution < -0.4 is 5.73 Å². The summed E-state index contributed by atoms with van der Waals surface area (Å²) in [4.78, 5) is 2.61. The lowest BCUT2D eigenvalue weighted by Crippen LogP contribution is -2.58. The number of likely N-dealkylation sites (N-methyl/N-ethyl adjacent to an activating group) is 1. The quantitative estimate of drug-likeness (QED) is 0.785. The molecule has 2 nitrogen and oxygen atoms in total. The van der Waals surface area contributed by atoms with Gasteiger partial charge in [-0.15, -0.1) is 0 Å². The zero-order valence-corrected chi connectivity index (χ0v) is 11.4. The van der Waals surface area contributed by atoms with Crippen LogP contribution in [0.4, 0.5) is 0 Å². The highest BCUT2D eigenvalue weighted by molar-refractivity contribution is 8.00. The number of nitrogens with zero attached hydrogens (tertiary/aromatic N) is 1. The maximum absolute atomic E-state index is 6.06. The average Bonchev–Trinajstić information content (AvgIpc) is 2.57. The topological polar surface area (TPSA) is 29.3 Å². The molecule has 0 amide bonds. The van der Waals surface area contributed by atoms with Crippen molar-refractivity contribution in [1.29, 1.82) is 0 Å².